The Balaban J connectivity index is 1.39. The molecule has 0 saturated carbocycles. The van der Waals surface area contributed by atoms with E-state index >= 15 is 0 Å². The Kier molecular flexibility index (Phi) is 9.50. The van der Waals surface area contributed by atoms with Crippen LogP contribution in [0.4, 0.5) is 24.2 Å². The first-order valence-corrected chi connectivity index (χ1v) is 13.5. The van der Waals surface area contributed by atoms with Gasteiger partial charge in [-0.2, -0.15) is 0 Å². The van der Waals surface area contributed by atoms with Gasteiger partial charge in [-0.15, -0.1) is 8.78 Å². The van der Waals surface area contributed by atoms with E-state index in [1.165, 1.54) is 30.5 Å². The predicted molar refractivity (Wildman–Crippen MR) is 144 cm³/mol. The number of amides is 4. The lowest BCUT2D eigenvalue weighted by Crippen LogP contribution is -2.69. The standard InChI is InChI=1S/C28H30F2N4O10/c1-5-40-25(37)22-18(10-16-8-9-31-21(11-16)33-27(39)42-13-41-24(36)14(2)3)23(35)34(22)26(38)32-15(4)17-6-7-19-20(12-17)44-28(29,30)43-19/h6-9,11-12,14-15,18,22H,5,10,13H2,1-4H3,(H,32,38)(H,31,33,39)/t15?,18-,22?/m1/s1. The first kappa shape index (κ1) is 31.9. The molecule has 2 N–H and O–H groups in total. The maximum Gasteiger partial charge on any atom is 0.586 e. The van der Waals surface area contributed by atoms with Crippen LogP contribution in [0.3, 0.4) is 0 Å². The number of alkyl halides is 2. The van der Waals surface area contributed by atoms with Crippen molar-refractivity contribution in [3.8, 4) is 11.5 Å². The average Bonchev–Trinajstić information content (AvgIpc) is 3.27. The number of urea groups is 1. The summed E-state index contributed by atoms with van der Waals surface area (Å²) in [5.41, 5.74) is 0.879. The van der Waals surface area contributed by atoms with Crippen molar-refractivity contribution in [1.29, 1.82) is 0 Å². The quantitative estimate of drug-likeness (QED) is 0.226. The number of esters is 2. The van der Waals surface area contributed by atoms with Crippen LogP contribution >= 0.6 is 0 Å². The van der Waals surface area contributed by atoms with Gasteiger partial charge in [-0.25, -0.2) is 24.3 Å². The molecule has 0 aliphatic carbocycles. The van der Waals surface area contributed by atoms with Crippen LogP contribution in [0.15, 0.2) is 36.5 Å². The number of carbonyl (C=O) groups excluding carboxylic acids is 5. The molecule has 1 aromatic carbocycles. The van der Waals surface area contributed by atoms with Crippen LogP contribution in [-0.4, -0.2) is 65.6 Å². The van der Waals surface area contributed by atoms with Crippen molar-refractivity contribution in [2.24, 2.45) is 11.8 Å². The molecule has 3 atom stereocenters. The topological polar surface area (TPSA) is 172 Å². The molecule has 0 spiro atoms. The molecule has 1 aromatic heterocycles. The highest BCUT2D eigenvalue weighted by atomic mass is 19.3. The van der Waals surface area contributed by atoms with Gasteiger partial charge in [0.1, 0.15) is 5.82 Å². The summed E-state index contributed by atoms with van der Waals surface area (Å²) < 4.78 is 50.3. The zero-order chi connectivity index (χ0) is 32.2. The highest BCUT2D eigenvalue weighted by molar-refractivity contribution is 6.08. The van der Waals surface area contributed by atoms with Crippen molar-refractivity contribution in [1.82, 2.24) is 15.2 Å². The first-order valence-electron chi connectivity index (χ1n) is 13.5. The number of imide groups is 1. The summed E-state index contributed by atoms with van der Waals surface area (Å²) >= 11 is 0. The highest BCUT2D eigenvalue weighted by Gasteiger charge is 2.55. The summed E-state index contributed by atoms with van der Waals surface area (Å²) in [5, 5.41) is 4.96. The molecule has 236 valence electrons. The van der Waals surface area contributed by atoms with Gasteiger partial charge in [0.15, 0.2) is 17.5 Å². The van der Waals surface area contributed by atoms with Gasteiger partial charge in [-0.1, -0.05) is 19.9 Å². The van der Waals surface area contributed by atoms with E-state index in [4.69, 9.17) is 14.2 Å². The van der Waals surface area contributed by atoms with Gasteiger partial charge in [0.25, 0.3) is 0 Å². The number of anilines is 1. The zero-order valence-corrected chi connectivity index (χ0v) is 24.1. The van der Waals surface area contributed by atoms with Gasteiger partial charge < -0.3 is 29.0 Å². The Morgan fingerprint density at radius 3 is 2.48 bits per heavy atom. The van der Waals surface area contributed by atoms with E-state index < -0.39 is 67.0 Å². The van der Waals surface area contributed by atoms with Crippen LogP contribution in [0.5, 0.6) is 11.5 Å². The van der Waals surface area contributed by atoms with Gasteiger partial charge in [-0.05, 0) is 55.7 Å². The van der Waals surface area contributed by atoms with E-state index in [9.17, 15) is 32.8 Å². The van der Waals surface area contributed by atoms with Gasteiger partial charge in [-0.3, -0.25) is 14.9 Å². The number of pyridine rings is 1. The molecule has 4 amide bonds. The molecule has 0 bridgehead atoms. The van der Waals surface area contributed by atoms with Crippen LogP contribution in [0.1, 0.15) is 44.9 Å². The second-order valence-corrected chi connectivity index (χ2v) is 10.1. The molecule has 44 heavy (non-hydrogen) atoms. The third-order valence-electron chi connectivity index (χ3n) is 6.60. The van der Waals surface area contributed by atoms with Crippen molar-refractivity contribution in [2.75, 3.05) is 18.7 Å². The number of rotatable bonds is 10. The lowest BCUT2D eigenvalue weighted by atomic mass is 9.82. The van der Waals surface area contributed by atoms with E-state index in [1.807, 2.05) is 0 Å². The lowest BCUT2D eigenvalue weighted by molar-refractivity contribution is -0.286. The highest BCUT2D eigenvalue weighted by Crippen LogP contribution is 2.42. The van der Waals surface area contributed by atoms with Crippen molar-refractivity contribution < 1.29 is 56.4 Å². The van der Waals surface area contributed by atoms with Gasteiger partial charge >= 0.3 is 30.4 Å². The van der Waals surface area contributed by atoms with E-state index in [0.717, 1.165) is 4.90 Å². The minimum atomic E-state index is -3.81. The van der Waals surface area contributed by atoms with Gasteiger partial charge in [0.2, 0.25) is 12.7 Å². The zero-order valence-electron chi connectivity index (χ0n) is 24.1. The number of fused-ring (bicyclic) bond motifs is 1. The first-order chi connectivity index (χ1) is 20.8. The van der Waals surface area contributed by atoms with Crippen LogP contribution in [0.25, 0.3) is 0 Å². The molecule has 2 aliphatic rings. The third kappa shape index (κ3) is 7.30. The van der Waals surface area contributed by atoms with Crippen LogP contribution in [-0.2, 0) is 35.0 Å². The maximum absolute atomic E-state index is 13.4. The van der Waals surface area contributed by atoms with Crippen molar-refractivity contribution in [3.63, 3.8) is 0 Å². The number of halogens is 2. The summed E-state index contributed by atoms with van der Waals surface area (Å²) in [6.45, 7) is 5.78. The molecule has 3 heterocycles. The van der Waals surface area contributed by atoms with Gasteiger partial charge in [0, 0.05) is 6.20 Å². The largest absolute Gasteiger partial charge is 0.586 e. The predicted octanol–water partition coefficient (Wildman–Crippen LogP) is 3.51. The van der Waals surface area contributed by atoms with Crippen molar-refractivity contribution >= 4 is 35.8 Å². The normalized spacial score (nSPS) is 18.6. The monoisotopic (exact) mass is 620 g/mol. The minimum absolute atomic E-state index is 0.00184. The molecule has 0 radical (unpaired) electrons. The SMILES string of the molecule is CCOC(=O)C1[C@@H](Cc2ccnc(NC(=O)OCOC(=O)C(C)C)c2)C(=O)N1C(=O)NC(C)c1ccc2c(c1)OC(F)(F)O2. The molecule has 2 aliphatic heterocycles. The van der Waals surface area contributed by atoms with E-state index in [2.05, 4.69) is 25.1 Å². The molecule has 16 heteroatoms. The summed E-state index contributed by atoms with van der Waals surface area (Å²) in [6.07, 6.45) is -3.39. The summed E-state index contributed by atoms with van der Waals surface area (Å²) in [6, 6.07) is 4.07. The molecule has 1 saturated heterocycles. The van der Waals surface area contributed by atoms with Crippen LogP contribution in [0.2, 0.25) is 0 Å². The van der Waals surface area contributed by atoms with Crippen LogP contribution < -0.4 is 20.1 Å². The number of carbonyl (C=O) groups is 5. The average molecular weight is 621 g/mol. The molecule has 1 fully saturated rings. The molecular weight excluding hydrogens is 590 g/mol. The summed E-state index contributed by atoms with van der Waals surface area (Å²) in [4.78, 5) is 67.4. The molecule has 4 rings (SSSR count). The van der Waals surface area contributed by atoms with Crippen molar-refractivity contribution in [2.45, 2.75) is 52.5 Å². The third-order valence-corrected chi connectivity index (χ3v) is 6.60. The Morgan fingerprint density at radius 2 is 1.77 bits per heavy atom. The van der Waals surface area contributed by atoms with E-state index in [1.54, 1.807) is 33.8 Å². The Morgan fingerprint density at radius 1 is 1.05 bits per heavy atom. The van der Waals surface area contributed by atoms with E-state index in [-0.39, 0.29) is 30.3 Å². The maximum atomic E-state index is 13.4. The van der Waals surface area contributed by atoms with Crippen LogP contribution in [0, 0.1) is 11.8 Å². The summed E-state index contributed by atoms with van der Waals surface area (Å²) in [7, 11) is 0. The molecule has 14 nitrogen and oxygen atoms in total. The fourth-order valence-electron chi connectivity index (χ4n) is 4.42. The molecule has 2 unspecified atom stereocenters. The Labute approximate surface area is 249 Å². The smallest absolute Gasteiger partial charge is 0.464 e. The fraction of sp³-hybridized carbons (Fsp3) is 0.429. The van der Waals surface area contributed by atoms with E-state index in [0.29, 0.717) is 11.1 Å². The minimum Gasteiger partial charge on any atom is -0.464 e. The fourth-order valence-corrected chi connectivity index (χ4v) is 4.42. The number of aromatic nitrogens is 1. The summed E-state index contributed by atoms with van der Waals surface area (Å²) in [5.74, 6) is -3.69. The number of hydrogen-bond acceptors (Lipinski definition) is 11. The number of ether oxygens (including phenoxy) is 5. The number of nitrogens with one attached hydrogen (secondary N) is 2. The number of β-lactam (4-membered cyclic amide) rings is 1. The molecule has 2 aromatic rings. The van der Waals surface area contributed by atoms with Gasteiger partial charge in [0.05, 0.1) is 24.5 Å². The number of hydrogen-bond donors (Lipinski definition) is 2. The second-order valence-electron chi connectivity index (χ2n) is 10.1. The van der Waals surface area contributed by atoms with Crippen molar-refractivity contribution in [3.05, 3.63) is 47.7 Å². The number of nitrogens with zero attached hydrogens (tertiary/aromatic N) is 2. The number of benzene rings is 1. The Bertz CT molecular complexity index is 1450. The number of likely N-dealkylation sites (tertiary alicyclic amines) is 1. The lowest BCUT2D eigenvalue weighted by Gasteiger charge is -2.44. The second kappa shape index (κ2) is 13.1. The molecular formula is C28H30F2N4O10. The Hall–Kier alpha value is -5.02.